The van der Waals surface area contributed by atoms with E-state index in [1.807, 2.05) is 18.2 Å². The van der Waals surface area contributed by atoms with Gasteiger partial charge in [0, 0.05) is 22.7 Å². The Morgan fingerprint density at radius 1 is 1.23 bits per heavy atom. The SMILES string of the molecule is COC(=O)C[C@@H]1CCCN1c1ccc(OCc2ccc(Br)c(C)c2)cc1. The summed E-state index contributed by atoms with van der Waals surface area (Å²) in [5.74, 6) is 0.699. The van der Waals surface area contributed by atoms with E-state index in [1.165, 1.54) is 12.7 Å². The van der Waals surface area contributed by atoms with E-state index in [1.54, 1.807) is 0 Å². The second-order valence-corrected chi connectivity index (χ2v) is 7.49. The molecule has 26 heavy (non-hydrogen) atoms. The Labute approximate surface area is 163 Å². The van der Waals surface area contributed by atoms with Gasteiger partial charge in [0.25, 0.3) is 0 Å². The molecule has 1 atom stereocenters. The monoisotopic (exact) mass is 417 g/mol. The summed E-state index contributed by atoms with van der Waals surface area (Å²) in [6.45, 7) is 3.59. The Morgan fingerprint density at radius 3 is 2.69 bits per heavy atom. The molecule has 2 aromatic carbocycles. The average Bonchev–Trinajstić information content (AvgIpc) is 3.11. The molecule has 1 saturated heterocycles. The van der Waals surface area contributed by atoms with Crippen LogP contribution in [0.3, 0.4) is 0 Å². The van der Waals surface area contributed by atoms with Crippen LogP contribution in [0.15, 0.2) is 46.9 Å². The highest BCUT2D eigenvalue weighted by Gasteiger charge is 2.27. The number of carbonyl (C=O) groups is 1. The summed E-state index contributed by atoms with van der Waals surface area (Å²) < 4.78 is 11.8. The number of carbonyl (C=O) groups excluding carboxylic acids is 1. The van der Waals surface area contributed by atoms with Crippen molar-refractivity contribution in [1.82, 2.24) is 0 Å². The molecule has 0 spiro atoms. The Morgan fingerprint density at radius 2 is 2.00 bits per heavy atom. The predicted octanol–water partition coefficient (Wildman–Crippen LogP) is 4.87. The summed E-state index contributed by atoms with van der Waals surface area (Å²) in [6.07, 6.45) is 2.57. The van der Waals surface area contributed by atoms with Gasteiger partial charge in [-0.15, -0.1) is 0 Å². The lowest BCUT2D eigenvalue weighted by molar-refractivity contribution is -0.140. The van der Waals surface area contributed by atoms with Crippen molar-refractivity contribution in [3.8, 4) is 5.75 Å². The molecular weight excluding hydrogens is 394 g/mol. The number of rotatable bonds is 6. The number of halogens is 1. The number of hydrogen-bond acceptors (Lipinski definition) is 4. The maximum absolute atomic E-state index is 11.6. The maximum Gasteiger partial charge on any atom is 0.307 e. The van der Waals surface area contributed by atoms with Crippen molar-refractivity contribution in [2.24, 2.45) is 0 Å². The molecule has 0 amide bonds. The van der Waals surface area contributed by atoms with Crippen molar-refractivity contribution < 1.29 is 14.3 Å². The summed E-state index contributed by atoms with van der Waals surface area (Å²) >= 11 is 3.52. The molecule has 1 heterocycles. The van der Waals surface area contributed by atoms with Crippen LogP contribution in [0.25, 0.3) is 0 Å². The van der Waals surface area contributed by atoms with Crippen LogP contribution in [0.2, 0.25) is 0 Å². The number of methoxy groups -OCH3 is 1. The molecule has 0 radical (unpaired) electrons. The van der Waals surface area contributed by atoms with Gasteiger partial charge in [-0.25, -0.2) is 0 Å². The molecule has 0 saturated carbocycles. The Hall–Kier alpha value is -2.01. The van der Waals surface area contributed by atoms with Crippen molar-refractivity contribution in [3.63, 3.8) is 0 Å². The van der Waals surface area contributed by atoms with Gasteiger partial charge in [0.2, 0.25) is 0 Å². The Balaban J connectivity index is 1.60. The van der Waals surface area contributed by atoms with Gasteiger partial charge in [0.05, 0.1) is 13.5 Å². The third kappa shape index (κ3) is 4.58. The minimum absolute atomic E-state index is 0.147. The summed E-state index contributed by atoms with van der Waals surface area (Å²) in [5, 5.41) is 0. The van der Waals surface area contributed by atoms with E-state index in [-0.39, 0.29) is 12.0 Å². The van der Waals surface area contributed by atoms with Crippen LogP contribution in [0.1, 0.15) is 30.4 Å². The number of nitrogens with zero attached hydrogens (tertiary/aromatic N) is 1. The predicted molar refractivity (Wildman–Crippen MR) is 107 cm³/mol. The minimum atomic E-state index is -0.147. The summed E-state index contributed by atoms with van der Waals surface area (Å²) in [6, 6.07) is 14.6. The van der Waals surface area contributed by atoms with Gasteiger partial charge in [-0.1, -0.05) is 28.1 Å². The average molecular weight is 418 g/mol. The molecule has 0 N–H and O–H groups in total. The number of ether oxygens (including phenoxy) is 2. The van der Waals surface area contributed by atoms with Crippen molar-refractivity contribution in [1.29, 1.82) is 0 Å². The zero-order valence-electron chi connectivity index (χ0n) is 15.2. The second kappa shape index (κ2) is 8.58. The fourth-order valence-electron chi connectivity index (χ4n) is 3.36. The molecule has 2 aromatic rings. The lowest BCUT2D eigenvalue weighted by Gasteiger charge is -2.26. The number of hydrogen-bond donors (Lipinski definition) is 0. The Kier molecular flexibility index (Phi) is 6.20. The highest BCUT2D eigenvalue weighted by atomic mass is 79.9. The van der Waals surface area contributed by atoms with Gasteiger partial charge in [0.15, 0.2) is 0 Å². The smallest absolute Gasteiger partial charge is 0.307 e. The summed E-state index contributed by atoms with van der Waals surface area (Å²) in [5.41, 5.74) is 3.47. The molecule has 138 valence electrons. The van der Waals surface area contributed by atoms with Crippen molar-refractivity contribution in [2.45, 2.75) is 38.8 Å². The van der Waals surface area contributed by atoms with Crippen LogP contribution in [-0.2, 0) is 16.1 Å². The molecule has 1 fully saturated rings. The quantitative estimate of drug-likeness (QED) is 0.628. The van der Waals surface area contributed by atoms with E-state index in [0.29, 0.717) is 13.0 Å². The Bertz CT molecular complexity index is 760. The second-order valence-electron chi connectivity index (χ2n) is 6.64. The molecule has 4 nitrogen and oxygen atoms in total. The van der Waals surface area contributed by atoms with Crippen molar-refractivity contribution >= 4 is 27.6 Å². The van der Waals surface area contributed by atoms with Crippen molar-refractivity contribution in [2.75, 3.05) is 18.6 Å². The summed E-state index contributed by atoms with van der Waals surface area (Å²) in [7, 11) is 1.45. The first kappa shape index (κ1) is 18.8. The third-order valence-electron chi connectivity index (χ3n) is 4.80. The fraction of sp³-hybridized carbons (Fsp3) is 0.381. The molecular formula is C21H24BrNO3. The lowest BCUT2D eigenvalue weighted by atomic mass is 10.1. The highest BCUT2D eigenvalue weighted by molar-refractivity contribution is 9.10. The van der Waals surface area contributed by atoms with Gasteiger partial charge in [-0.2, -0.15) is 0 Å². The summed E-state index contributed by atoms with van der Waals surface area (Å²) in [4.78, 5) is 13.9. The normalized spacial score (nSPS) is 16.6. The van der Waals surface area contributed by atoms with Gasteiger partial charge < -0.3 is 14.4 Å². The number of anilines is 1. The van der Waals surface area contributed by atoms with Crippen LogP contribution in [-0.4, -0.2) is 25.7 Å². The lowest BCUT2D eigenvalue weighted by Crippen LogP contribution is -2.31. The zero-order valence-corrected chi connectivity index (χ0v) is 16.8. The maximum atomic E-state index is 11.6. The minimum Gasteiger partial charge on any atom is -0.489 e. The molecule has 0 bridgehead atoms. The van der Waals surface area contributed by atoms with Crippen LogP contribution in [0.5, 0.6) is 5.75 Å². The number of benzene rings is 2. The fourth-order valence-corrected chi connectivity index (χ4v) is 3.61. The van der Waals surface area contributed by atoms with Crippen LogP contribution < -0.4 is 9.64 Å². The van der Waals surface area contributed by atoms with E-state index in [4.69, 9.17) is 9.47 Å². The van der Waals surface area contributed by atoms with Crippen molar-refractivity contribution in [3.05, 3.63) is 58.1 Å². The molecule has 1 aliphatic rings. The topological polar surface area (TPSA) is 38.8 Å². The van der Waals surface area contributed by atoms with E-state index in [2.05, 4.69) is 52.0 Å². The van der Waals surface area contributed by atoms with E-state index in [9.17, 15) is 4.79 Å². The molecule has 5 heteroatoms. The van der Waals surface area contributed by atoms with Gasteiger partial charge in [0.1, 0.15) is 12.4 Å². The molecule has 0 aliphatic carbocycles. The first-order valence-corrected chi connectivity index (χ1v) is 9.67. The molecule has 1 aliphatic heterocycles. The first-order valence-electron chi connectivity index (χ1n) is 8.88. The zero-order chi connectivity index (χ0) is 18.5. The van der Waals surface area contributed by atoms with Crippen LogP contribution in [0.4, 0.5) is 5.69 Å². The standard InChI is InChI=1S/C21H24BrNO3/c1-15-12-16(5-10-20(15)22)14-26-19-8-6-17(7-9-19)23-11-3-4-18(23)13-21(24)25-2/h5-10,12,18H,3-4,11,13-14H2,1-2H3/t18-/m0/s1. The molecule has 0 unspecified atom stereocenters. The number of aryl methyl sites for hydroxylation is 1. The van der Waals surface area contributed by atoms with Gasteiger partial charge >= 0.3 is 5.97 Å². The van der Waals surface area contributed by atoms with Crippen LogP contribution >= 0.6 is 15.9 Å². The highest BCUT2D eigenvalue weighted by Crippen LogP contribution is 2.29. The third-order valence-corrected chi connectivity index (χ3v) is 5.69. The van der Waals surface area contributed by atoms with E-state index < -0.39 is 0 Å². The molecule has 3 rings (SSSR count). The number of esters is 1. The largest absolute Gasteiger partial charge is 0.489 e. The van der Waals surface area contributed by atoms with Crippen LogP contribution in [0, 0.1) is 6.92 Å². The van der Waals surface area contributed by atoms with Gasteiger partial charge in [-0.05, 0) is 61.2 Å². The van der Waals surface area contributed by atoms with Gasteiger partial charge in [-0.3, -0.25) is 4.79 Å². The van der Waals surface area contributed by atoms with E-state index in [0.717, 1.165) is 40.9 Å². The molecule has 0 aromatic heterocycles. The van der Waals surface area contributed by atoms with E-state index >= 15 is 0 Å². The first-order chi connectivity index (χ1) is 12.6.